The molecule has 0 amide bonds. The summed E-state index contributed by atoms with van der Waals surface area (Å²) in [5.41, 5.74) is 0.461. The van der Waals surface area contributed by atoms with Gasteiger partial charge in [-0.05, 0) is 26.1 Å². The van der Waals surface area contributed by atoms with E-state index in [2.05, 4.69) is 10.3 Å². The summed E-state index contributed by atoms with van der Waals surface area (Å²) in [7, 11) is 1.79. The standard InChI is InChI=1S/C10H15ClN2O2/c1-12-4-3-9(14)10(15)7-6-13-5-2-8(7)11/h2,5-6,9-10,12,14-15H,3-4H2,1H3. The molecule has 2 unspecified atom stereocenters. The van der Waals surface area contributed by atoms with E-state index in [-0.39, 0.29) is 0 Å². The van der Waals surface area contributed by atoms with Crippen LogP contribution in [0.5, 0.6) is 0 Å². The zero-order chi connectivity index (χ0) is 11.3. The molecule has 2 atom stereocenters. The van der Waals surface area contributed by atoms with E-state index in [1.165, 1.54) is 6.20 Å². The monoisotopic (exact) mass is 230 g/mol. The fourth-order valence-corrected chi connectivity index (χ4v) is 1.48. The van der Waals surface area contributed by atoms with Gasteiger partial charge in [-0.25, -0.2) is 0 Å². The highest BCUT2D eigenvalue weighted by atomic mass is 35.5. The summed E-state index contributed by atoms with van der Waals surface area (Å²) in [6.45, 7) is 0.635. The summed E-state index contributed by atoms with van der Waals surface area (Å²) < 4.78 is 0. The van der Waals surface area contributed by atoms with Crippen LogP contribution in [0.3, 0.4) is 0 Å². The predicted octanol–water partition coefficient (Wildman–Crippen LogP) is 0.739. The lowest BCUT2D eigenvalue weighted by Crippen LogP contribution is -2.23. The fourth-order valence-electron chi connectivity index (χ4n) is 1.26. The van der Waals surface area contributed by atoms with Gasteiger partial charge >= 0.3 is 0 Å². The normalized spacial score (nSPS) is 14.9. The number of nitrogens with one attached hydrogen (secondary N) is 1. The number of rotatable bonds is 5. The van der Waals surface area contributed by atoms with Crippen molar-refractivity contribution in [3.05, 3.63) is 29.0 Å². The summed E-state index contributed by atoms with van der Waals surface area (Å²) >= 11 is 5.87. The quantitative estimate of drug-likeness (QED) is 0.698. The van der Waals surface area contributed by atoms with Gasteiger partial charge in [0, 0.05) is 23.0 Å². The summed E-state index contributed by atoms with van der Waals surface area (Å²) in [4.78, 5) is 3.86. The number of halogens is 1. The molecule has 0 saturated heterocycles. The van der Waals surface area contributed by atoms with Crippen LogP contribution in [0.15, 0.2) is 18.5 Å². The number of hydrogen-bond acceptors (Lipinski definition) is 4. The molecular formula is C10H15ClN2O2. The second-order valence-electron chi connectivity index (χ2n) is 3.30. The molecular weight excluding hydrogens is 216 g/mol. The van der Waals surface area contributed by atoms with E-state index in [1.54, 1.807) is 19.3 Å². The summed E-state index contributed by atoms with van der Waals surface area (Å²) in [5.74, 6) is 0. The maximum absolute atomic E-state index is 9.79. The van der Waals surface area contributed by atoms with Crippen molar-refractivity contribution in [2.45, 2.75) is 18.6 Å². The van der Waals surface area contributed by atoms with E-state index < -0.39 is 12.2 Å². The van der Waals surface area contributed by atoms with Gasteiger partial charge in [0.05, 0.1) is 6.10 Å². The molecule has 1 aromatic heterocycles. The molecule has 0 spiro atoms. The number of aliphatic hydroxyl groups excluding tert-OH is 2. The highest BCUT2D eigenvalue weighted by molar-refractivity contribution is 6.31. The van der Waals surface area contributed by atoms with Gasteiger partial charge in [-0.2, -0.15) is 0 Å². The SMILES string of the molecule is CNCCC(O)C(O)c1cnccc1Cl. The molecule has 15 heavy (non-hydrogen) atoms. The van der Waals surface area contributed by atoms with Crippen molar-refractivity contribution in [3.63, 3.8) is 0 Å². The molecule has 1 rings (SSSR count). The molecule has 5 heteroatoms. The maximum Gasteiger partial charge on any atom is 0.108 e. The van der Waals surface area contributed by atoms with Gasteiger partial charge in [0.15, 0.2) is 0 Å². The molecule has 0 aliphatic carbocycles. The zero-order valence-corrected chi connectivity index (χ0v) is 9.28. The van der Waals surface area contributed by atoms with Gasteiger partial charge in [-0.3, -0.25) is 4.98 Å². The van der Waals surface area contributed by atoms with Crippen molar-refractivity contribution in [1.82, 2.24) is 10.3 Å². The first-order valence-corrected chi connectivity index (χ1v) is 5.14. The Morgan fingerprint density at radius 3 is 2.87 bits per heavy atom. The van der Waals surface area contributed by atoms with Crippen LogP contribution in [0.4, 0.5) is 0 Å². The first-order valence-electron chi connectivity index (χ1n) is 4.77. The summed E-state index contributed by atoms with van der Waals surface area (Å²) in [6.07, 6.45) is 1.65. The number of hydrogen-bond donors (Lipinski definition) is 3. The number of aliphatic hydroxyl groups is 2. The molecule has 0 aliphatic rings. The van der Waals surface area contributed by atoms with Gasteiger partial charge in [-0.1, -0.05) is 11.6 Å². The highest BCUT2D eigenvalue weighted by Gasteiger charge is 2.20. The van der Waals surface area contributed by atoms with Gasteiger partial charge < -0.3 is 15.5 Å². The minimum atomic E-state index is -0.987. The molecule has 4 nitrogen and oxygen atoms in total. The first-order chi connectivity index (χ1) is 7.16. The number of pyridine rings is 1. The lowest BCUT2D eigenvalue weighted by atomic mass is 10.0. The van der Waals surface area contributed by atoms with E-state index in [0.717, 1.165) is 0 Å². The Morgan fingerprint density at radius 2 is 2.27 bits per heavy atom. The Bertz CT molecular complexity index is 309. The lowest BCUT2D eigenvalue weighted by molar-refractivity contribution is 0.0139. The van der Waals surface area contributed by atoms with Gasteiger partial charge in [0.2, 0.25) is 0 Å². The second-order valence-corrected chi connectivity index (χ2v) is 3.71. The molecule has 0 aliphatic heterocycles. The van der Waals surface area contributed by atoms with Crippen LogP contribution < -0.4 is 5.32 Å². The van der Waals surface area contributed by atoms with Gasteiger partial charge in [0.1, 0.15) is 6.10 Å². The van der Waals surface area contributed by atoms with Crippen molar-refractivity contribution in [2.24, 2.45) is 0 Å². The van der Waals surface area contributed by atoms with Crippen LogP contribution in [-0.4, -0.2) is 34.9 Å². The van der Waals surface area contributed by atoms with E-state index in [4.69, 9.17) is 11.6 Å². The van der Waals surface area contributed by atoms with Crippen LogP contribution in [0.2, 0.25) is 5.02 Å². The molecule has 1 heterocycles. The van der Waals surface area contributed by atoms with Crippen LogP contribution in [0.25, 0.3) is 0 Å². The number of nitrogens with zero attached hydrogens (tertiary/aromatic N) is 1. The Kier molecular flexibility index (Phi) is 4.98. The fraction of sp³-hybridized carbons (Fsp3) is 0.500. The molecule has 0 saturated carbocycles. The topological polar surface area (TPSA) is 65.4 Å². The largest absolute Gasteiger partial charge is 0.390 e. The second kappa shape index (κ2) is 6.02. The maximum atomic E-state index is 9.79. The average molecular weight is 231 g/mol. The number of aromatic nitrogens is 1. The smallest absolute Gasteiger partial charge is 0.108 e. The molecule has 84 valence electrons. The molecule has 3 N–H and O–H groups in total. The third kappa shape index (κ3) is 3.43. The van der Waals surface area contributed by atoms with Crippen LogP contribution in [-0.2, 0) is 0 Å². The molecule has 1 aromatic rings. The highest BCUT2D eigenvalue weighted by Crippen LogP contribution is 2.24. The van der Waals surface area contributed by atoms with Crippen molar-refractivity contribution >= 4 is 11.6 Å². The Morgan fingerprint density at radius 1 is 1.53 bits per heavy atom. The Labute approximate surface area is 93.9 Å². The van der Waals surface area contributed by atoms with Crippen molar-refractivity contribution in [3.8, 4) is 0 Å². The van der Waals surface area contributed by atoms with Crippen LogP contribution in [0, 0.1) is 0 Å². The molecule has 0 fully saturated rings. The van der Waals surface area contributed by atoms with E-state index in [1.807, 2.05) is 0 Å². The third-order valence-corrected chi connectivity index (χ3v) is 2.51. The van der Waals surface area contributed by atoms with E-state index in [9.17, 15) is 10.2 Å². The van der Waals surface area contributed by atoms with Crippen LogP contribution in [0.1, 0.15) is 18.1 Å². The molecule has 0 bridgehead atoms. The molecule has 0 aromatic carbocycles. The molecule has 0 radical (unpaired) electrons. The summed E-state index contributed by atoms with van der Waals surface area (Å²) in [5, 5.41) is 22.8. The van der Waals surface area contributed by atoms with Crippen molar-refractivity contribution in [2.75, 3.05) is 13.6 Å². The summed E-state index contributed by atoms with van der Waals surface area (Å²) in [6, 6.07) is 1.59. The Hall–Kier alpha value is -0.680. The minimum absolute atomic E-state index is 0.418. The zero-order valence-electron chi connectivity index (χ0n) is 8.52. The van der Waals surface area contributed by atoms with Crippen LogP contribution >= 0.6 is 11.6 Å². The lowest BCUT2D eigenvalue weighted by Gasteiger charge is -2.18. The van der Waals surface area contributed by atoms with Crippen molar-refractivity contribution < 1.29 is 10.2 Å². The first kappa shape index (κ1) is 12.4. The average Bonchev–Trinajstić information content (AvgIpc) is 2.25. The van der Waals surface area contributed by atoms with Gasteiger partial charge in [0.25, 0.3) is 0 Å². The van der Waals surface area contributed by atoms with Gasteiger partial charge in [-0.15, -0.1) is 0 Å². The van der Waals surface area contributed by atoms with Crippen molar-refractivity contribution in [1.29, 1.82) is 0 Å². The Balaban J connectivity index is 2.67. The van der Waals surface area contributed by atoms with E-state index >= 15 is 0 Å². The van der Waals surface area contributed by atoms with E-state index in [0.29, 0.717) is 23.6 Å². The third-order valence-electron chi connectivity index (χ3n) is 2.17. The predicted molar refractivity (Wildman–Crippen MR) is 58.8 cm³/mol. The minimum Gasteiger partial charge on any atom is -0.390 e.